The molecule has 7 nitrogen and oxygen atoms in total. The molecule has 4 rings (SSSR count). The van der Waals surface area contributed by atoms with E-state index in [-0.39, 0.29) is 6.61 Å². The van der Waals surface area contributed by atoms with Gasteiger partial charge in [-0.15, -0.1) is 0 Å². The zero-order valence-electron chi connectivity index (χ0n) is 15.6. The molecule has 2 aromatic carbocycles. The number of nitrogens with two attached hydrogens (primary N) is 1. The fraction of sp³-hybridized carbons (Fsp3) is 0.250. The van der Waals surface area contributed by atoms with Crippen LogP contribution in [-0.4, -0.2) is 33.2 Å². The van der Waals surface area contributed by atoms with Gasteiger partial charge in [0.15, 0.2) is 11.5 Å². The highest BCUT2D eigenvalue weighted by Gasteiger charge is 2.22. The number of rotatable bonds is 7. The summed E-state index contributed by atoms with van der Waals surface area (Å²) < 4.78 is 23.4. The highest BCUT2D eigenvalue weighted by molar-refractivity contribution is 7.98. The molecule has 0 amide bonds. The molecule has 1 aromatic heterocycles. The average Bonchev–Trinajstić information content (AvgIpc) is 3.49. The van der Waals surface area contributed by atoms with Crippen molar-refractivity contribution in [2.45, 2.75) is 30.4 Å². The molecule has 0 aliphatic heterocycles. The van der Waals surface area contributed by atoms with E-state index in [1.54, 1.807) is 31.6 Å². The Kier molecular flexibility index (Phi) is 4.82. The smallest absolute Gasteiger partial charge is 0.163 e. The van der Waals surface area contributed by atoms with Crippen molar-refractivity contribution in [3.63, 3.8) is 0 Å². The summed E-state index contributed by atoms with van der Waals surface area (Å²) in [5, 5.41) is 9.93. The Hall–Kier alpha value is -2.84. The molecule has 146 valence electrons. The number of anilines is 1. The number of hydrogen-bond acceptors (Lipinski definition) is 6. The minimum atomic E-state index is -2.76. The van der Waals surface area contributed by atoms with Crippen LogP contribution < -0.4 is 19.9 Å². The van der Waals surface area contributed by atoms with E-state index in [1.807, 2.05) is 18.2 Å². The summed E-state index contributed by atoms with van der Waals surface area (Å²) in [5.74, 6) is 5.49. The summed E-state index contributed by atoms with van der Waals surface area (Å²) >= 11 is 0. The van der Waals surface area contributed by atoms with E-state index in [0.717, 1.165) is 35.1 Å². The van der Waals surface area contributed by atoms with E-state index in [4.69, 9.17) is 14.6 Å². The first kappa shape index (κ1) is 18.5. The van der Waals surface area contributed by atoms with Crippen LogP contribution in [0.3, 0.4) is 0 Å². The number of fused-ring (bicyclic) bond motifs is 1. The monoisotopic (exact) mass is 398 g/mol. The zero-order chi connectivity index (χ0) is 19.7. The molecule has 3 N–H and O–H groups in total. The Morgan fingerprint density at radius 1 is 1.25 bits per heavy atom. The Morgan fingerprint density at radius 3 is 2.79 bits per heavy atom. The molecule has 1 unspecified atom stereocenters. The van der Waals surface area contributed by atoms with E-state index >= 15 is 0 Å². The number of ether oxygens (including phenoxy) is 2. The normalized spacial score (nSPS) is 15.8. The van der Waals surface area contributed by atoms with E-state index in [0.29, 0.717) is 22.4 Å². The third kappa shape index (κ3) is 4.02. The second-order valence-corrected chi connectivity index (χ2v) is 8.75. The fourth-order valence-electron chi connectivity index (χ4n) is 2.88. The van der Waals surface area contributed by atoms with Crippen molar-refractivity contribution in [1.29, 1.82) is 0 Å². The van der Waals surface area contributed by atoms with Crippen molar-refractivity contribution in [3.05, 3.63) is 48.3 Å². The third-order valence-corrected chi connectivity index (χ3v) is 5.58. The summed E-state index contributed by atoms with van der Waals surface area (Å²) in [6.07, 6.45) is 3.86. The molecule has 1 fully saturated rings. The maximum Gasteiger partial charge on any atom is 0.163 e. The SMILES string of the molecule is C=S(N)(=O)c1cccc(COc2cc3ncnc(NC4CC4)c3cc2OC)c1. The molecule has 0 saturated heterocycles. The van der Waals surface area contributed by atoms with Crippen LogP contribution in [0.2, 0.25) is 0 Å². The highest BCUT2D eigenvalue weighted by atomic mass is 32.2. The molecule has 8 heteroatoms. The zero-order valence-corrected chi connectivity index (χ0v) is 16.4. The Balaban J connectivity index is 1.61. The van der Waals surface area contributed by atoms with Gasteiger partial charge in [0.2, 0.25) is 0 Å². The number of benzene rings is 2. The summed E-state index contributed by atoms with van der Waals surface area (Å²) in [5.41, 5.74) is 1.60. The van der Waals surface area contributed by atoms with Gasteiger partial charge in [-0.1, -0.05) is 12.1 Å². The Bertz CT molecular complexity index is 1130. The Labute approximate surface area is 164 Å². The summed E-state index contributed by atoms with van der Waals surface area (Å²) in [6.45, 7) is 0.267. The van der Waals surface area contributed by atoms with Crippen LogP contribution >= 0.6 is 0 Å². The largest absolute Gasteiger partial charge is 0.493 e. The summed E-state index contributed by atoms with van der Waals surface area (Å²) in [4.78, 5) is 9.20. The van der Waals surface area contributed by atoms with E-state index in [9.17, 15) is 4.21 Å². The molecule has 1 saturated carbocycles. The number of nitrogens with zero attached hydrogens (tertiary/aromatic N) is 2. The van der Waals surface area contributed by atoms with Gasteiger partial charge in [0.05, 0.1) is 22.3 Å². The molecule has 1 atom stereocenters. The van der Waals surface area contributed by atoms with Crippen LogP contribution in [0, 0.1) is 0 Å². The maximum atomic E-state index is 12.0. The minimum Gasteiger partial charge on any atom is -0.493 e. The predicted octanol–water partition coefficient (Wildman–Crippen LogP) is 2.74. The van der Waals surface area contributed by atoms with Gasteiger partial charge in [0, 0.05) is 22.4 Å². The van der Waals surface area contributed by atoms with E-state index in [1.165, 1.54) is 0 Å². The van der Waals surface area contributed by atoms with Crippen molar-refractivity contribution >= 4 is 32.3 Å². The first-order chi connectivity index (χ1) is 13.4. The second-order valence-electron chi connectivity index (χ2n) is 6.82. The first-order valence-electron chi connectivity index (χ1n) is 8.90. The van der Waals surface area contributed by atoms with Gasteiger partial charge >= 0.3 is 0 Å². The molecule has 0 bridgehead atoms. The van der Waals surface area contributed by atoms with Crippen molar-refractivity contribution in [1.82, 2.24) is 9.97 Å². The quantitative estimate of drug-likeness (QED) is 0.594. The third-order valence-electron chi connectivity index (χ3n) is 4.53. The van der Waals surface area contributed by atoms with Gasteiger partial charge < -0.3 is 14.8 Å². The molecule has 1 heterocycles. The topological polar surface area (TPSA) is 99.4 Å². The summed E-state index contributed by atoms with van der Waals surface area (Å²) in [7, 11) is -1.17. The number of hydrogen-bond donors (Lipinski definition) is 2. The lowest BCUT2D eigenvalue weighted by atomic mass is 10.2. The molecule has 1 aliphatic rings. The van der Waals surface area contributed by atoms with Crippen LogP contribution in [-0.2, 0) is 16.3 Å². The lowest BCUT2D eigenvalue weighted by Crippen LogP contribution is -2.12. The van der Waals surface area contributed by atoms with Crippen LogP contribution in [0.5, 0.6) is 11.5 Å². The van der Waals surface area contributed by atoms with Crippen molar-refractivity contribution in [2.75, 3.05) is 12.4 Å². The fourth-order valence-corrected chi connectivity index (χ4v) is 3.54. The molecule has 28 heavy (non-hydrogen) atoms. The van der Waals surface area contributed by atoms with Gasteiger partial charge in [-0.25, -0.2) is 14.2 Å². The highest BCUT2D eigenvalue weighted by Crippen LogP contribution is 2.35. The lowest BCUT2D eigenvalue weighted by Gasteiger charge is -2.14. The molecule has 0 radical (unpaired) electrons. The second kappa shape index (κ2) is 7.29. The van der Waals surface area contributed by atoms with Gasteiger partial charge in [0.1, 0.15) is 18.8 Å². The van der Waals surface area contributed by atoms with Crippen LogP contribution in [0.1, 0.15) is 18.4 Å². The maximum absolute atomic E-state index is 12.0. The van der Waals surface area contributed by atoms with Crippen molar-refractivity contribution in [2.24, 2.45) is 5.14 Å². The van der Waals surface area contributed by atoms with Gasteiger partial charge in [-0.3, -0.25) is 5.14 Å². The van der Waals surface area contributed by atoms with E-state index in [2.05, 4.69) is 21.2 Å². The molecular formula is C20H22N4O3S. The van der Waals surface area contributed by atoms with Crippen molar-refractivity contribution < 1.29 is 13.7 Å². The van der Waals surface area contributed by atoms with Crippen LogP contribution in [0.25, 0.3) is 10.9 Å². The predicted molar refractivity (Wildman–Crippen MR) is 111 cm³/mol. The average molecular weight is 398 g/mol. The minimum absolute atomic E-state index is 0.267. The molecular weight excluding hydrogens is 376 g/mol. The van der Waals surface area contributed by atoms with Gasteiger partial charge in [-0.05, 0) is 42.5 Å². The lowest BCUT2D eigenvalue weighted by molar-refractivity contribution is 0.285. The Morgan fingerprint density at radius 2 is 2.07 bits per heavy atom. The standard InChI is InChI=1S/C20H22N4O3S/c1-26-18-9-16-17(22-12-23-20(16)24-14-6-7-14)10-19(18)27-11-13-4-3-5-15(8-13)28(2,21)25/h3-5,8-10,12,14H,2,6-7,11H2,1H3,(H2,21,25)(H,22,23,24). The number of methoxy groups -OCH3 is 1. The van der Waals surface area contributed by atoms with Gasteiger partial charge in [-0.2, -0.15) is 0 Å². The first-order valence-corrected chi connectivity index (χ1v) is 10.7. The molecule has 3 aromatic rings. The molecule has 1 aliphatic carbocycles. The van der Waals surface area contributed by atoms with Crippen LogP contribution in [0.4, 0.5) is 5.82 Å². The molecule has 0 spiro atoms. The van der Waals surface area contributed by atoms with Gasteiger partial charge in [0.25, 0.3) is 0 Å². The van der Waals surface area contributed by atoms with Crippen molar-refractivity contribution in [3.8, 4) is 11.5 Å². The van der Waals surface area contributed by atoms with E-state index < -0.39 is 9.71 Å². The van der Waals surface area contributed by atoms with Crippen LogP contribution in [0.15, 0.2) is 47.6 Å². The summed E-state index contributed by atoms with van der Waals surface area (Å²) in [6, 6.07) is 11.3. The number of nitrogens with one attached hydrogen (secondary N) is 1. The number of aromatic nitrogens is 2.